The van der Waals surface area contributed by atoms with Gasteiger partial charge in [0.15, 0.2) is 17.4 Å². The van der Waals surface area contributed by atoms with Gasteiger partial charge >= 0.3 is 5.97 Å². The fraction of sp³-hybridized carbons (Fsp3) is 0.250. The molecule has 2 aromatic rings. The highest BCUT2D eigenvalue weighted by atomic mass is 16.5. The van der Waals surface area contributed by atoms with E-state index < -0.39 is 5.97 Å². The Morgan fingerprint density at radius 3 is 2.83 bits per heavy atom. The molecule has 0 saturated carbocycles. The van der Waals surface area contributed by atoms with Gasteiger partial charge in [-0.15, -0.1) is 0 Å². The van der Waals surface area contributed by atoms with Crippen LogP contribution in [-0.2, 0) is 9.53 Å². The van der Waals surface area contributed by atoms with Crippen LogP contribution in [0.25, 0.3) is 0 Å². The number of carbonyl (C=O) groups is 2. The number of hydrogen-bond acceptors (Lipinski definition) is 7. The molecule has 0 fully saturated rings. The Balaban J connectivity index is 1.87. The van der Waals surface area contributed by atoms with Crippen molar-refractivity contribution in [3.05, 3.63) is 36.2 Å². The largest absolute Gasteiger partial charge is 0.466 e. The molecule has 118 valence electrons. The van der Waals surface area contributed by atoms with E-state index in [4.69, 9.17) is 4.74 Å². The number of Topliss-reactive ketones (excluding diaryl/α,β-unsaturated/α-hetero) is 1. The molecule has 1 N–H and O–H groups in total. The first kappa shape index (κ1) is 15.0. The zero-order chi connectivity index (χ0) is 16.4. The van der Waals surface area contributed by atoms with Gasteiger partial charge in [0.2, 0.25) is 0 Å². The second kappa shape index (κ2) is 6.04. The summed E-state index contributed by atoms with van der Waals surface area (Å²) in [6, 6.07) is 5.23. The first-order chi connectivity index (χ1) is 11.1. The van der Waals surface area contributed by atoms with Crippen molar-refractivity contribution in [2.24, 2.45) is 0 Å². The van der Waals surface area contributed by atoms with Gasteiger partial charge in [-0.05, 0) is 25.1 Å². The topological polar surface area (TPSA) is 84.4 Å². The first-order valence-electron chi connectivity index (χ1n) is 7.24. The number of nitrogens with one attached hydrogen (secondary N) is 1. The van der Waals surface area contributed by atoms with Crippen molar-refractivity contribution >= 4 is 34.8 Å². The Hall–Kier alpha value is -2.96. The number of anilines is 4. The second-order valence-electron chi connectivity index (χ2n) is 5.05. The minimum absolute atomic E-state index is 0.262. The SMILES string of the molecule is CCOC(=O)CC(=O)c1ccc2c(c1)Nc1nccnc1N2C. The Morgan fingerprint density at radius 2 is 2.04 bits per heavy atom. The van der Waals surface area contributed by atoms with Crippen molar-refractivity contribution in [1.29, 1.82) is 0 Å². The molecule has 0 amide bonds. The lowest BCUT2D eigenvalue weighted by molar-refractivity contribution is -0.141. The van der Waals surface area contributed by atoms with Crippen molar-refractivity contribution < 1.29 is 14.3 Å². The Morgan fingerprint density at radius 1 is 1.26 bits per heavy atom. The summed E-state index contributed by atoms with van der Waals surface area (Å²) in [5.74, 6) is 0.542. The van der Waals surface area contributed by atoms with Crippen LogP contribution in [0.5, 0.6) is 0 Å². The minimum Gasteiger partial charge on any atom is -0.466 e. The summed E-state index contributed by atoms with van der Waals surface area (Å²) >= 11 is 0. The smallest absolute Gasteiger partial charge is 0.313 e. The summed E-state index contributed by atoms with van der Waals surface area (Å²) in [7, 11) is 1.88. The molecule has 0 aliphatic carbocycles. The van der Waals surface area contributed by atoms with Crippen LogP contribution in [0, 0.1) is 0 Å². The van der Waals surface area contributed by atoms with E-state index >= 15 is 0 Å². The summed E-state index contributed by atoms with van der Waals surface area (Å²) < 4.78 is 4.81. The number of carbonyl (C=O) groups excluding carboxylic acids is 2. The average molecular weight is 312 g/mol. The Labute approximate surface area is 133 Å². The summed E-state index contributed by atoms with van der Waals surface area (Å²) in [5, 5.41) is 3.16. The second-order valence-corrected chi connectivity index (χ2v) is 5.05. The lowest BCUT2D eigenvalue weighted by Gasteiger charge is -2.28. The summed E-state index contributed by atoms with van der Waals surface area (Å²) in [6.07, 6.45) is 2.96. The van der Waals surface area contributed by atoms with Crippen molar-refractivity contribution in [3.63, 3.8) is 0 Å². The molecule has 7 heteroatoms. The third-order valence-electron chi connectivity index (χ3n) is 3.54. The third-order valence-corrected chi connectivity index (χ3v) is 3.54. The van der Waals surface area contributed by atoms with Crippen molar-refractivity contribution in [3.8, 4) is 0 Å². The maximum absolute atomic E-state index is 12.2. The quantitative estimate of drug-likeness (QED) is 0.527. The zero-order valence-corrected chi connectivity index (χ0v) is 12.9. The van der Waals surface area contributed by atoms with E-state index in [1.54, 1.807) is 31.5 Å². The standard InChI is InChI=1S/C16H16N4O3/c1-3-23-14(22)9-13(21)10-4-5-12-11(8-10)19-15-16(20(12)2)18-7-6-17-15/h4-8H,3,9H2,1-2H3,(H,17,19). The molecule has 0 saturated heterocycles. The van der Waals surface area contributed by atoms with Crippen LogP contribution in [0.1, 0.15) is 23.7 Å². The summed E-state index contributed by atoms with van der Waals surface area (Å²) in [4.78, 5) is 34.0. The molecular weight excluding hydrogens is 296 g/mol. The molecule has 1 aliphatic heterocycles. The molecule has 0 radical (unpaired) electrons. The number of nitrogens with zero attached hydrogens (tertiary/aromatic N) is 3. The van der Waals surface area contributed by atoms with Crippen LogP contribution >= 0.6 is 0 Å². The van der Waals surface area contributed by atoms with E-state index in [-0.39, 0.29) is 18.8 Å². The Bertz CT molecular complexity index is 776. The van der Waals surface area contributed by atoms with Gasteiger partial charge in [0.1, 0.15) is 6.42 Å². The molecule has 1 aromatic heterocycles. The first-order valence-corrected chi connectivity index (χ1v) is 7.24. The van der Waals surface area contributed by atoms with E-state index in [1.807, 2.05) is 18.0 Å². The Kier molecular flexibility index (Phi) is 3.92. The van der Waals surface area contributed by atoms with E-state index in [2.05, 4.69) is 15.3 Å². The van der Waals surface area contributed by atoms with E-state index in [9.17, 15) is 9.59 Å². The van der Waals surface area contributed by atoms with Crippen LogP contribution in [0.15, 0.2) is 30.6 Å². The number of rotatable bonds is 4. The highest BCUT2D eigenvalue weighted by molar-refractivity contribution is 6.07. The highest BCUT2D eigenvalue weighted by Crippen LogP contribution is 2.40. The van der Waals surface area contributed by atoms with Crippen LogP contribution < -0.4 is 10.2 Å². The average Bonchev–Trinajstić information content (AvgIpc) is 2.54. The molecule has 7 nitrogen and oxygen atoms in total. The molecule has 0 atom stereocenters. The molecule has 1 aromatic carbocycles. The van der Waals surface area contributed by atoms with Gasteiger partial charge in [0, 0.05) is 25.0 Å². The molecule has 3 rings (SSSR count). The molecule has 1 aliphatic rings. The number of fused-ring (bicyclic) bond motifs is 2. The van der Waals surface area contributed by atoms with Crippen LogP contribution in [-0.4, -0.2) is 35.4 Å². The van der Waals surface area contributed by atoms with Gasteiger partial charge in [-0.3, -0.25) is 9.59 Å². The number of ketones is 1. The lowest BCUT2D eigenvalue weighted by atomic mass is 10.1. The molecular formula is C16H16N4O3. The number of benzene rings is 1. The number of ether oxygens (including phenoxy) is 1. The molecule has 0 unspecified atom stereocenters. The van der Waals surface area contributed by atoms with Gasteiger partial charge in [-0.1, -0.05) is 0 Å². The maximum Gasteiger partial charge on any atom is 0.313 e. The van der Waals surface area contributed by atoms with Gasteiger partial charge < -0.3 is 15.0 Å². The summed E-state index contributed by atoms with van der Waals surface area (Å²) in [5.41, 5.74) is 2.07. The van der Waals surface area contributed by atoms with Gasteiger partial charge in [0.05, 0.1) is 18.0 Å². The predicted molar refractivity (Wildman–Crippen MR) is 85.4 cm³/mol. The minimum atomic E-state index is -0.517. The number of aromatic nitrogens is 2. The predicted octanol–water partition coefficient (Wildman–Crippen LogP) is 2.44. The fourth-order valence-corrected chi connectivity index (χ4v) is 2.45. The highest BCUT2D eigenvalue weighted by Gasteiger charge is 2.23. The van der Waals surface area contributed by atoms with Crippen LogP contribution in [0.2, 0.25) is 0 Å². The summed E-state index contributed by atoms with van der Waals surface area (Å²) in [6.45, 7) is 1.97. The molecule has 0 spiro atoms. The third kappa shape index (κ3) is 2.85. The van der Waals surface area contributed by atoms with Gasteiger partial charge in [-0.2, -0.15) is 0 Å². The molecule has 0 bridgehead atoms. The van der Waals surface area contributed by atoms with Crippen LogP contribution in [0.4, 0.5) is 23.0 Å². The monoisotopic (exact) mass is 312 g/mol. The normalized spacial score (nSPS) is 12.0. The van der Waals surface area contributed by atoms with Crippen molar-refractivity contribution in [2.45, 2.75) is 13.3 Å². The van der Waals surface area contributed by atoms with E-state index in [0.717, 1.165) is 11.4 Å². The molecule has 2 heterocycles. The number of esters is 1. The van der Waals surface area contributed by atoms with Crippen LogP contribution in [0.3, 0.4) is 0 Å². The number of hydrogen-bond donors (Lipinski definition) is 1. The maximum atomic E-state index is 12.2. The van der Waals surface area contributed by atoms with E-state index in [1.165, 1.54) is 0 Å². The molecule has 23 heavy (non-hydrogen) atoms. The van der Waals surface area contributed by atoms with Gasteiger partial charge in [0.25, 0.3) is 0 Å². The van der Waals surface area contributed by atoms with Gasteiger partial charge in [-0.25, -0.2) is 9.97 Å². The lowest BCUT2D eigenvalue weighted by Crippen LogP contribution is -2.20. The van der Waals surface area contributed by atoms with E-state index in [0.29, 0.717) is 17.2 Å². The zero-order valence-electron chi connectivity index (χ0n) is 12.9. The van der Waals surface area contributed by atoms with Crippen molar-refractivity contribution in [1.82, 2.24) is 9.97 Å². The fourth-order valence-electron chi connectivity index (χ4n) is 2.45. The van der Waals surface area contributed by atoms with Crippen molar-refractivity contribution in [2.75, 3.05) is 23.9 Å².